The first-order valence-electron chi connectivity index (χ1n) is 13.1. The average molecular weight is 536 g/mol. The van der Waals surface area contributed by atoms with E-state index in [0.29, 0.717) is 32.7 Å². The summed E-state index contributed by atoms with van der Waals surface area (Å²) < 4.78 is 18.8. The van der Waals surface area contributed by atoms with E-state index in [1.165, 1.54) is 6.20 Å². The fourth-order valence-corrected chi connectivity index (χ4v) is 4.61. The Balaban J connectivity index is 1.11. The molecule has 3 heterocycles. The van der Waals surface area contributed by atoms with Gasteiger partial charge >= 0.3 is 17.9 Å². The molecule has 2 aliphatic heterocycles. The van der Waals surface area contributed by atoms with Crippen LogP contribution in [0.4, 0.5) is 16.3 Å². The quantitative estimate of drug-likeness (QED) is 0.329. The van der Waals surface area contributed by atoms with Crippen LogP contribution in [0.2, 0.25) is 0 Å². The summed E-state index contributed by atoms with van der Waals surface area (Å²) in [5.41, 5.74) is 2.81. The molecule has 206 valence electrons. The number of piperazine rings is 1. The van der Waals surface area contributed by atoms with Gasteiger partial charge in [-0.3, -0.25) is 4.57 Å². The van der Waals surface area contributed by atoms with Gasteiger partial charge in [0, 0.05) is 49.8 Å². The molecule has 0 spiro atoms. The maximum atomic E-state index is 12.3. The Morgan fingerprint density at radius 1 is 1.03 bits per heavy atom. The van der Waals surface area contributed by atoms with E-state index in [4.69, 9.17) is 14.2 Å². The Morgan fingerprint density at radius 3 is 2.28 bits per heavy atom. The molecule has 0 unspecified atom stereocenters. The zero-order valence-electron chi connectivity index (χ0n) is 22.4. The molecule has 1 fully saturated rings. The van der Waals surface area contributed by atoms with Crippen molar-refractivity contribution in [1.82, 2.24) is 14.5 Å². The van der Waals surface area contributed by atoms with Gasteiger partial charge in [-0.2, -0.15) is 0 Å². The number of hydrogen-bond donors (Lipinski definition) is 0. The molecule has 0 aliphatic carbocycles. The molecular formula is C28H33N5O6. The molecule has 1 atom stereocenters. The van der Waals surface area contributed by atoms with Crippen molar-refractivity contribution in [2.45, 2.75) is 45.4 Å². The van der Waals surface area contributed by atoms with Crippen molar-refractivity contribution in [3.8, 4) is 22.9 Å². The number of carbonyl (C=O) groups excluding carboxylic acids is 1. The van der Waals surface area contributed by atoms with E-state index >= 15 is 0 Å². The fourth-order valence-electron chi connectivity index (χ4n) is 4.61. The molecule has 3 aromatic rings. The van der Waals surface area contributed by atoms with Crippen LogP contribution in [0.25, 0.3) is 11.1 Å². The third-order valence-electron chi connectivity index (χ3n) is 6.67. The van der Waals surface area contributed by atoms with E-state index in [1.807, 2.05) is 45.0 Å². The maximum Gasteiger partial charge on any atom is 0.414 e. The van der Waals surface area contributed by atoms with Crippen LogP contribution in [0.5, 0.6) is 11.8 Å². The monoisotopic (exact) mass is 535 g/mol. The molecule has 2 aliphatic rings. The van der Waals surface area contributed by atoms with Crippen molar-refractivity contribution in [2.24, 2.45) is 0 Å². The number of nitro groups is 1. The molecule has 2 aromatic carbocycles. The smallest absolute Gasteiger partial charge is 0.414 e. The minimum Gasteiger partial charge on any atom is -0.490 e. The lowest BCUT2D eigenvalue weighted by molar-refractivity contribution is -0.389. The van der Waals surface area contributed by atoms with Gasteiger partial charge in [-0.1, -0.05) is 24.3 Å². The number of amides is 1. The number of hydrogen-bond acceptors (Lipinski definition) is 8. The molecule has 11 nitrogen and oxygen atoms in total. The van der Waals surface area contributed by atoms with Crippen molar-refractivity contribution in [3.05, 3.63) is 64.8 Å². The van der Waals surface area contributed by atoms with Crippen LogP contribution in [0.1, 0.15) is 27.2 Å². The van der Waals surface area contributed by atoms with Gasteiger partial charge in [0.25, 0.3) is 0 Å². The molecule has 1 aromatic heterocycles. The average Bonchev–Trinajstić information content (AvgIpc) is 3.36. The minimum absolute atomic E-state index is 0.212. The first-order valence-corrected chi connectivity index (χ1v) is 13.1. The molecule has 1 amide bonds. The van der Waals surface area contributed by atoms with Gasteiger partial charge in [0.15, 0.2) is 0 Å². The van der Waals surface area contributed by atoms with Crippen molar-refractivity contribution in [2.75, 3.05) is 37.7 Å². The predicted octanol–water partition coefficient (Wildman–Crippen LogP) is 4.75. The summed E-state index contributed by atoms with van der Waals surface area (Å²) in [7, 11) is 0. The lowest BCUT2D eigenvalue weighted by Gasteiger charge is -2.36. The number of aryl methyl sites for hydroxylation is 1. The van der Waals surface area contributed by atoms with Crippen molar-refractivity contribution in [1.29, 1.82) is 0 Å². The highest BCUT2D eigenvalue weighted by Crippen LogP contribution is 2.27. The highest BCUT2D eigenvalue weighted by Gasteiger charge is 2.29. The van der Waals surface area contributed by atoms with E-state index in [2.05, 4.69) is 34.1 Å². The number of carbonyl (C=O) groups is 1. The standard InChI is InChI=1S/C28H33N5O6/c1-28(2,3)39-27(34)31-16-14-30(15-17-31)22-8-4-20(5-9-22)21-6-10-23(11-7-21)37-19-24-12-13-32-18-25(33(35)36)29-26(32)38-24/h4-11,18,24H,12-17,19H2,1-3H3/t24-/m0/s1. The Kier molecular flexibility index (Phi) is 7.32. The van der Waals surface area contributed by atoms with Crippen LogP contribution in [-0.2, 0) is 11.3 Å². The number of nitrogens with zero attached hydrogens (tertiary/aromatic N) is 5. The zero-order valence-corrected chi connectivity index (χ0v) is 22.4. The second-order valence-electron chi connectivity index (χ2n) is 10.7. The SMILES string of the molecule is CC(C)(C)OC(=O)N1CCN(c2ccc(-c3ccc(OC[C@@H]4CCn5cc([N+](=O)[O-])nc5O4)cc3)cc2)CC1. The molecule has 11 heteroatoms. The number of aromatic nitrogens is 2. The molecule has 39 heavy (non-hydrogen) atoms. The Hall–Kier alpha value is -4.28. The number of anilines is 1. The van der Waals surface area contributed by atoms with E-state index < -0.39 is 10.5 Å². The minimum atomic E-state index is -0.523. The molecule has 0 saturated carbocycles. The van der Waals surface area contributed by atoms with Crippen LogP contribution in [0.15, 0.2) is 54.7 Å². The topological polar surface area (TPSA) is 112 Å². The predicted molar refractivity (Wildman–Crippen MR) is 145 cm³/mol. The number of imidazole rings is 1. The summed E-state index contributed by atoms with van der Waals surface area (Å²) in [6.45, 7) is 9.34. The van der Waals surface area contributed by atoms with Crippen molar-refractivity contribution >= 4 is 17.6 Å². The van der Waals surface area contributed by atoms with Crippen LogP contribution in [0.3, 0.4) is 0 Å². The number of fused-ring (bicyclic) bond motifs is 1. The molecule has 0 N–H and O–H groups in total. The molecule has 5 rings (SSSR count). The van der Waals surface area contributed by atoms with Gasteiger partial charge in [-0.05, 0) is 61.1 Å². The third-order valence-corrected chi connectivity index (χ3v) is 6.67. The molecule has 0 bridgehead atoms. The second kappa shape index (κ2) is 10.8. The van der Waals surface area contributed by atoms with Gasteiger partial charge in [0.2, 0.25) is 0 Å². The molecule has 1 saturated heterocycles. The third kappa shape index (κ3) is 6.42. The van der Waals surface area contributed by atoms with Crippen LogP contribution >= 0.6 is 0 Å². The number of ether oxygens (including phenoxy) is 3. The largest absolute Gasteiger partial charge is 0.490 e. The summed E-state index contributed by atoms with van der Waals surface area (Å²) in [4.78, 5) is 30.7. The van der Waals surface area contributed by atoms with Crippen LogP contribution in [0, 0.1) is 10.1 Å². The van der Waals surface area contributed by atoms with Gasteiger partial charge in [0.1, 0.15) is 30.3 Å². The highest BCUT2D eigenvalue weighted by atomic mass is 16.6. The molecular weight excluding hydrogens is 502 g/mol. The van der Waals surface area contributed by atoms with Crippen LogP contribution < -0.4 is 14.4 Å². The maximum absolute atomic E-state index is 12.3. The van der Waals surface area contributed by atoms with Crippen molar-refractivity contribution in [3.63, 3.8) is 0 Å². The Labute approximate surface area is 227 Å². The van der Waals surface area contributed by atoms with E-state index in [0.717, 1.165) is 35.7 Å². The van der Waals surface area contributed by atoms with Gasteiger partial charge in [0.05, 0.1) is 0 Å². The fraction of sp³-hybridized carbons (Fsp3) is 0.429. The zero-order chi connectivity index (χ0) is 27.6. The molecule has 0 radical (unpaired) electrons. The normalized spacial score (nSPS) is 17.3. The van der Waals surface area contributed by atoms with E-state index in [9.17, 15) is 14.9 Å². The van der Waals surface area contributed by atoms with E-state index in [-0.39, 0.29) is 24.0 Å². The summed E-state index contributed by atoms with van der Waals surface area (Å²) >= 11 is 0. The summed E-state index contributed by atoms with van der Waals surface area (Å²) in [6.07, 6.45) is 1.60. The number of rotatable bonds is 6. The van der Waals surface area contributed by atoms with Crippen LogP contribution in [-0.4, -0.2) is 70.0 Å². The summed E-state index contributed by atoms with van der Waals surface area (Å²) in [6, 6.07) is 16.6. The first kappa shape index (κ1) is 26.3. The van der Waals surface area contributed by atoms with Gasteiger partial charge in [-0.25, -0.2) is 4.79 Å². The Bertz CT molecular complexity index is 1310. The number of benzene rings is 2. The summed E-state index contributed by atoms with van der Waals surface area (Å²) in [5, 5.41) is 10.9. The van der Waals surface area contributed by atoms with Crippen molar-refractivity contribution < 1.29 is 23.9 Å². The lowest BCUT2D eigenvalue weighted by Crippen LogP contribution is -2.50. The van der Waals surface area contributed by atoms with E-state index in [1.54, 1.807) is 9.47 Å². The van der Waals surface area contributed by atoms with Gasteiger partial charge < -0.3 is 34.1 Å². The summed E-state index contributed by atoms with van der Waals surface area (Å²) in [5.74, 6) is 0.512. The van der Waals surface area contributed by atoms with Gasteiger partial charge in [-0.15, -0.1) is 0 Å². The second-order valence-corrected chi connectivity index (χ2v) is 10.7. The first-order chi connectivity index (χ1) is 18.6. The lowest BCUT2D eigenvalue weighted by atomic mass is 10.0. The highest BCUT2D eigenvalue weighted by molar-refractivity contribution is 5.69. The Morgan fingerprint density at radius 2 is 1.67 bits per heavy atom.